The Bertz CT molecular complexity index is 1020. The molecule has 0 radical (unpaired) electrons. The fraction of sp³-hybridized carbons (Fsp3) is 0.417. The Morgan fingerprint density at radius 3 is 2.59 bits per heavy atom. The number of rotatable bonds is 3. The minimum absolute atomic E-state index is 0.311. The van der Waals surface area contributed by atoms with Gasteiger partial charge in [0.1, 0.15) is 0 Å². The number of benzene rings is 2. The summed E-state index contributed by atoms with van der Waals surface area (Å²) >= 11 is 0. The van der Waals surface area contributed by atoms with E-state index in [-0.39, 0.29) is 0 Å². The number of ether oxygens (including phenoxy) is 4. The lowest BCUT2D eigenvalue weighted by Gasteiger charge is -2.48. The van der Waals surface area contributed by atoms with Crippen LogP contribution in [0.25, 0.3) is 11.8 Å². The van der Waals surface area contributed by atoms with Gasteiger partial charge < -0.3 is 23.8 Å². The predicted molar refractivity (Wildman–Crippen MR) is 110 cm³/mol. The SMILES string of the molecule is COc1ccc2c(c1OC)[C@@H](C1CCC1)N1CCc3cc4c(cc3C1=C2)OCO4. The number of methoxy groups -OCH3 is 2. The lowest BCUT2D eigenvalue weighted by Crippen LogP contribution is -2.41. The van der Waals surface area contributed by atoms with Gasteiger partial charge in [-0.1, -0.05) is 12.5 Å². The zero-order valence-corrected chi connectivity index (χ0v) is 16.9. The van der Waals surface area contributed by atoms with Crippen molar-refractivity contribution in [3.8, 4) is 23.0 Å². The van der Waals surface area contributed by atoms with E-state index in [9.17, 15) is 0 Å². The molecule has 3 heterocycles. The lowest BCUT2D eigenvalue weighted by molar-refractivity contribution is 0.138. The number of hydrogen-bond acceptors (Lipinski definition) is 5. The van der Waals surface area contributed by atoms with Gasteiger partial charge in [0.05, 0.1) is 20.3 Å². The predicted octanol–water partition coefficient (Wildman–Crippen LogP) is 4.64. The monoisotopic (exact) mass is 391 g/mol. The Morgan fingerprint density at radius 1 is 1.03 bits per heavy atom. The largest absolute Gasteiger partial charge is 0.493 e. The van der Waals surface area contributed by atoms with Crippen molar-refractivity contribution in [2.24, 2.45) is 5.92 Å². The molecule has 3 aliphatic heterocycles. The van der Waals surface area contributed by atoms with Crippen LogP contribution in [0.1, 0.15) is 47.6 Å². The maximum atomic E-state index is 5.88. The third-order valence-electron chi connectivity index (χ3n) is 6.94. The Morgan fingerprint density at radius 2 is 1.86 bits per heavy atom. The maximum Gasteiger partial charge on any atom is 0.231 e. The summed E-state index contributed by atoms with van der Waals surface area (Å²) in [7, 11) is 3.47. The summed E-state index contributed by atoms with van der Waals surface area (Å²) in [5, 5.41) is 0. The second-order valence-electron chi connectivity index (χ2n) is 8.28. The van der Waals surface area contributed by atoms with E-state index in [1.807, 2.05) is 6.07 Å². The van der Waals surface area contributed by atoms with Crippen LogP contribution in [0.3, 0.4) is 0 Å². The summed E-state index contributed by atoms with van der Waals surface area (Å²) in [6.45, 7) is 1.31. The topological polar surface area (TPSA) is 40.2 Å². The Hall–Kier alpha value is -2.82. The highest BCUT2D eigenvalue weighted by Crippen LogP contribution is 2.54. The molecule has 29 heavy (non-hydrogen) atoms. The van der Waals surface area contributed by atoms with Gasteiger partial charge in [-0.2, -0.15) is 0 Å². The summed E-state index contributed by atoms with van der Waals surface area (Å²) in [6, 6.07) is 8.85. The standard InChI is InChI=1S/C24H25NO4/c1-26-19-7-6-16-10-18-17-12-21-20(28-13-29-21)11-15(17)8-9-25(18)23(14-4-3-5-14)22(16)24(19)27-2/h6-7,10-12,14,23H,3-5,8-9,13H2,1-2H3/t23-/m1/s1. The molecule has 2 aromatic rings. The van der Waals surface area contributed by atoms with Crippen LogP contribution in [0.2, 0.25) is 0 Å². The highest BCUT2D eigenvalue weighted by molar-refractivity contribution is 5.88. The lowest BCUT2D eigenvalue weighted by atomic mass is 9.72. The van der Waals surface area contributed by atoms with E-state index >= 15 is 0 Å². The number of nitrogens with zero attached hydrogens (tertiary/aromatic N) is 1. The van der Waals surface area contributed by atoms with Crippen molar-refractivity contribution in [1.82, 2.24) is 4.90 Å². The molecule has 0 N–H and O–H groups in total. The molecule has 5 heteroatoms. The van der Waals surface area contributed by atoms with Crippen LogP contribution in [0, 0.1) is 5.92 Å². The molecule has 2 aromatic carbocycles. The fourth-order valence-corrected chi connectivity index (χ4v) is 5.34. The van der Waals surface area contributed by atoms with Crippen LogP contribution in [0.4, 0.5) is 0 Å². The van der Waals surface area contributed by atoms with Gasteiger partial charge >= 0.3 is 0 Å². The number of hydrogen-bond donors (Lipinski definition) is 0. The molecule has 6 rings (SSSR count). The van der Waals surface area contributed by atoms with Crippen LogP contribution in [-0.2, 0) is 6.42 Å². The third-order valence-corrected chi connectivity index (χ3v) is 6.94. The number of fused-ring (bicyclic) bond motifs is 5. The molecule has 5 nitrogen and oxygen atoms in total. The first kappa shape index (κ1) is 17.1. The molecular formula is C24H25NO4. The molecule has 0 unspecified atom stereocenters. The van der Waals surface area contributed by atoms with E-state index in [1.54, 1.807) is 14.2 Å². The molecule has 0 aromatic heterocycles. The van der Waals surface area contributed by atoms with Crippen molar-refractivity contribution in [1.29, 1.82) is 0 Å². The molecule has 1 aliphatic carbocycles. The van der Waals surface area contributed by atoms with Gasteiger partial charge in [0.2, 0.25) is 6.79 Å². The van der Waals surface area contributed by atoms with Gasteiger partial charge in [-0.25, -0.2) is 0 Å². The molecule has 150 valence electrons. The second kappa shape index (κ2) is 6.34. The van der Waals surface area contributed by atoms with Crippen LogP contribution >= 0.6 is 0 Å². The van der Waals surface area contributed by atoms with Gasteiger partial charge in [0.15, 0.2) is 23.0 Å². The van der Waals surface area contributed by atoms with Gasteiger partial charge in [-0.3, -0.25) is 0 Å². The first-order valence-corrected chi connectivity index (χ1v) is 10.4. The smallest absolute Gasteiger partial charge is 0.231 e. The summed E-state index contributed by atoms with van der Waals surface area (Å²) in [5.74, 6) is 4.07. The summed E-state index contributed by atoms with van der Waals surface area (Å²) in [6.07, 6.45) is 7.16. The molecule has 0 spiro atoms. The maximum absolute atomic E-state index is 5.88. The van der Waals surface area contributed by atoms with Crippen molar-refractivity contribution >= 4 is 11.8 Å². The van der Waals surface area contributed by atoms with Crippen molar-refractivity contribution in [3.05, 3.63) is 46.5 Å². The van der Waals surface area contributed by atoms with E-state index in [0.717, 1.165) is 36.0 Å². The molecular weight excluding hydrogens is 366 g/mol. The third kappa shape index (κ3) is 2.39. The van der Waals surface area contributed by atoms with Crippen molar-refractivity contribution in [3.63, 3.8) is 0 Å². The van der Waals surface area contributed by atoms with Gasteiger partial charge in [0, 0.05) is 23.4 Å². The highest BCUT2D eigenvalue weighted by atomic mass is 16.7. The molecule has 1 atom stereocenters. The van der Waals surface area contributed by atoms with E-state index in [0.29, 0.717) is 18.8 Å². The fourth-order valence-electron chi connectivity index (χ4n) is 5.34. The van der Waals surface area contributed by atoms with E-state index in [4.69, 9.17) is 18.9 Å². The second-order valence-corrected chi connectivity index (χ2v) is 8.28. The molecule has 1 saturated carbocycles. The summed E-state index contributed by atoms with van der Waals surface area (Å²) < 4.78 is 22.8. The van der Waals surface area contributed by atoms with E-state index in [1.165, 1.54) is 47.2 Å². The van der Waals surface area contributed by atoms with Crippen molar-refractivity contribution in [2.75, 3.05) is 27.6 Å². The normalized spacial score (nSPS) is 21.5. The zero-order valence-electron chi connectivity index (χ0n) is 16.9. The van der Waals surface area contributed by atoms with Crippen LogP contribution < -0.4 is 18.9 Å². The van der Waals surface area contributed by atoms with Gasteiger partial charge in [0.25, 0.3) is 0 Å². The Labute approximate surface area is 170 Å². The molecule has 4 aliphatic rings. The average molecular weight is 391 g/mol. The molecule has 1 fully saturated rings. The Kier molecular flexibility index (Phi) is 3.73. The average Bonchev–Trinajstić information content (AvgIpc) is 3.17. The molecule has 0 saturated heterocycles. The quantitative estimate of drug-likeness (QED) is 0.762. The van der Waals surface area contributed by atoms with E-state index in [2.05, 4.69) is 29.2 Å². The summed E-state index contributed by atoms with van der Waals surface area (Å²) in [5.41, 5.74) is 6.42. The first-order valence-electron chi connectivity index (χ1n) is 10.4. The first-order chi connectivity index (χ1) is 14.3. The zero-order chi connectivity index (χ0) is 19.5. The minimum atomic E-state index is 0.311. The van der Waals surface area contributed by atoms with Crippen LogP contribution in [0.15, 0.2) is 24.3 Å². The van der Waals surface area contributed by atoms with Gasteiger partial charge in [-0.05, 0) is 60.6 Å². The van der Waals surface area contributed by atoms with Gasteiger partial charge in [-0.15, -0.1) is 0 Å². The molecule has 0 bridgehead atoms. The summed E-state index contributed by atoms with van der Waals surface area (Å²) in [4.78, 5) is 2.60. The van der Waals surface area contributed by atoms with Crippen LogP contribution in [0.5, 0.6) is 23.0 Å². The molecule has 0 amide bonds. The Balaban J connectivity index is 1.56. The highest BCUT2D eigenvalue weighted by Gasteiger charge is 2.42. The van der Waals surface area contributed by atoms with Crippen molar-refractivity contribution < 1.29 is 18.9 Å². The van der Waals surface area contributed by atoms with Crippen molar-refractivity contribution in [2.45, 2.75) is 31.7 Å². The van der Waals surface area contributed by atoms with E-state index < -0.39 is 0 Å². The minimum Gasteiger partial charge on any atom is -0.493 e. The van der Waals surface area contributed by atoms with Crippen LogP contribution in [-0.4, -0.2) is 32.5 Å².